The van der Waals surface area contributed by atoms with Crippen LogP contribution in [0.2, 0.25) is 10.2 Å². The van der Waals surface area contributed by atoms with Crippen molar-refractivity contribution in [3.63, 3.8) is 0 Å². The number of hydrogen-bond donors (Lipinski definition) is 1. The molecule has 7 heteroatoms. The van der Waals surface area contributed by atoms with Crippen molar-refractivity contribution in [1.82, 2.24) is 14.5 Å². The molecular weight excluding hydrogens is 335 g/mol. The highest BCUT2D eigenvalue weighted by Crippen LogP contribution is 2.22. The predicted molar refractivity (Wildman–Crippen MR) is 92.2 cm³/mol. The molecular formula is C16H14Cl2N4O. The number of benzene rings is 1. The third-order valence-electron chi connectivity index (χ3n) is 3.35. The van der Waals surface area contributed by atoms with Gasteiger partial charge in [-0.05, 0) is 30.7 Å². The average molecular weight is 349 g/mol. The van der Waals surface area contributed by atoms with Crippen molar-refractivity contribution >= 4 is 46.1 Å². The summed E-state index contributed by atoms with van der Waals surface area (Å²) in [5.41, 5.74) is 1.87. The molecule has 5 nitrogen and oxygen atoms in total. The van der Waals surface area contributed by atoms with Crippen molar-refractivity contribution in [2.45, 2.75) is 19.9 Å². The number of fused-ring (bicyclic) bond motifs is 1. The van der Waals surface area contributed by atoms with Crippen molar-refractivity contribution < 1.29 is 4.79 Å². The van der Waals surface area contributed by atoms with Gasteiger partial charge in [0, 0.05) is 6.54 Å². The second-order valence-corrected chi connectivity index (χ2v) is 5.79. The Morgan fingerprint density at radius 2 is 1.96 bits per heavy atom. The first-order valence-corrected chi connectivity index (χ1v) is 7.94. The fourth-order valence-corrected chi connectivity index (χ4v) is 2.70. The van der Waals surface area contributed by atoms with Crippen LogP contribution in [0.3, 0.4) is 0 Å². The number of nitrogens with zero attached hydrogens (tertiary/aromatic N) is 3. The van der Waals surface area contributed by atoms with E-state index in [0.717, 1.165) is 24.0 Å². The highest BCUT2D eigenvalue weighted by molar-refractivity contribution is 6.35. The first kappa shape index (κ1) is 15.8. The zero-order valence-electron chi connectivity index (χ0n) is 12.4. The normalized spacial score (nSPS) is 10.9. The van der Waals surface area contributed by atoms with Gasteiger partial charge in [0.15, 0.2) is 0 Å². The number of anilines is 1. The minimum atomic E-state index is -0.440. The molecule has 23 heavy (non-hydrogen) atoms. The maximum absolute atomic E-state index is 12.5. The number of rotatable bonds is 4. The van der Waals surface area contributed by atoms with Crippen LogP contribution in [-0.2, 0) is 6.54 Å². The van der Waals surface area contributed by atoms with E-state index in [1.807, 2.05) is 28.8 Å². The molecule has 0 fully saturated rings. The summed E-state index contributed by atoms with van der Waals surface area (Å²) in [6.45, 7) is 2.81. The van der Waals surface area contributed by atoms with E-state index in [4.69, 9.17) is 23.2 Å². The number of halogens is 2. The number of nitrogens with one attached hydrogen (secondary N) is 1. The lowest BCUT2D eigenvalue weighted by Crippen LogP contribution is -2.18. The van der Waals surface area contributed by atoms with Crippen molar-refractivity contribution in [2.75, 3.05) is 5.32 Å². The SMILES string of the molecule is CCCn1c(NC(=O)c2nc(Cl)ccc2Cl)nc2ccccc21. The molecule has 0 spiro atoms. The van der Waals surface area contributed by atoms with Crippen LogP contribution in [0.5, 0.6) is 0 Å². The summed E-state index contributed by atoms with van der Waals surface area (Å²) >= 11 is 11.9. The fraction of sp³-hybridized carbons (Fsp3) is 0.188. The van der Waals surface area contributed by atoms with Gasteiger partial charge in [0.2, 0.25) is 5.95 Å². The van der Waals surface area contributed by atoms with Gasteiger partial charge in [-0.3, -0.25) is 10.1 Å². The maximum Gasteiger partial charge on any atom is 0.278 e. The van der Waals surface area contributed by atoms with Gasteiger partial charge in [0.1, 0.15) is 10.8 Å². The van der Waals surface area contributed by atoms with Gasteiger partial charge in [-0.2, -0.15) is 0 Å². The summed E-state index contributed by atoms with van der Waals surface area (Å²) in [6.07, 6.45) is 0.916. The zero-order valence-corrected chi connectivity index (χ0v) is 13.9. The van der Waals surface area contributed by atoms with Gasteiger partial charge in [0.25, 0.3) is 5.91 Å². The van der Waals surface area contributed by atoms with Crippen molar-refractivity contribution in [3.05, 3.63) is 52.3 Å². The topological polar surface area (TPSA) is 59.8 Å². The highest BCUT2D eigenvalue weighted by Gasteiger charge is 2.17. The molecule has 3 rings (SSSR count). The summed E-state index contributed by atoms with van der Waals surface area (Å²) in [5.74, 6) is 0.0288. The Bertz CT molecular complexity index is 876. The largest absolute Gasteiger partial charge is 0.310 e. The summed E-state index contributed by atoms with van der Waals surface area (Å²) in [4.78, 5) is 20.9. The van der Waals surface area contributed by atoms with E-state index in [0.29, 0.717) is 5.95 Å². The van der Waals surface area contributed by atoms with Crippen LogP contribution in [0.25, 0.3) is 11.0 Å². The molecule has 0 aliphatic rings. The Hall–Kier alpha value is -2.11. The number of para-hydroxylation sites is 2. The molecule has 0 unspecified atom stereocenters. The minimum Gasteiger partial charge on any atom is -0.310 e. The molecule has 0 radical (unpaired) electrons. The summed E-state index contributed by atoms with van der Waals surface area (Å²) in [5, 5.41) is 3.23. The zero-order chi connectivity index (χ0) is 16.4. The number of carbonyl (C=O) groups is 1. The van der Waals surface area contributed by atoms with Gasteiger partial charge in [-0.25, -0.2) is 9.97 Å². The predicted octanol–water partition coefficient (Wildman–Crippen LogP) is 4.40. The fourth-order valence-electron chi connectivity index (χ4n) is 2.36. The molecule has 118 valence electrons. The summed E-state index contributed by atoms with van der Waals surface area (Å²) < 4.78 is 1.96. The van der Waals surface area contributed by atoms with Crippen LogP contribution in [0.15, 0.2) is 36.4 Å². The second-order valence-electron chi connectivity index (χ2n) is 4.99. The van der Waals surface area contributed by atoms with E-state index < -0.39 is 5.91 Å². The van der Waals surface area contributed by atoms with Crippen molar-refractivity contribution in [3.8, 4) is 0 Å². The van der Waals surface area contributed by atoms with Gasteiger partial charge in [-0.1, -0.05) is 42.3 Å². The average Bonchev–Trinajstić information content (AvgIpc) is 2.88. The minimum absolute atomic E-state index is 0.0780. The van der Waals surface area contributed by atoms with E-state index in [1.165, 1.54) is 6.07 Å². The monoisotopic (exact) mass is 348 g/mol. The Kier molecular flexibility index (Phi) is 4.50. The molecule has 0 atom stereocenters. The van der Waals surface area contributed by atoms with Crippen LogP contribution in [-0.4, -0.2) is 20.4 Å². The van der Waals surface area contributed by atoms with E-state index >= 15 is 0 Å². The molecule has 0 bridgehead atoms. The number of hydrogen-bond acceptors (Lipinski definition) is 3. The van der Waals surface area contributed by atoms with E-state index in [-0.39, 0.29) is 15.9 Å². The van der Waals surface area contributed by atoms with Crippen molar-refractivity contribution in [2.24, 2.45) is 0 Å². The molecule has 0 aliphatic carbocycles. The van der Waals surface area contributed by atoms with Crippen LogP contribution in [0.1, 0.15) is 23.8 Å². The molecule has 0 saturated carbocycles. The second kappa shape index (κ2) is 6.56. The van der Waals surface area contributed by atoms with Crippen LogP contribution >= 0.6 is 23.2 Å². The number of carbonyl (C=O) groups excluding carboxylic acids is 1. The van der Waals surface area contributed by atoms with E-state index in [2.05, 4.69) is 22.2 Å². The van der Waals surface area contributed by atoms with Gasteiger partial charge >= 0.3 is 0 Å². The number of aromatic nitrogens is 3. The van der Waals surface area contributed by atoms with Gasteiger partial charge in [-0.15, -0.1) is 0 Å². The van der Waals surface area contributed by atoms with Crippen LogP contribution < -0.4 is 5.32 Å². The van der Waals surface area contributed by atoms with Crippen molar-refractivity contribution in [1.29, 1.82) is 0 Å². The summed E-state index contributed by atoms with van der Waals surface area (Å²) in [6, 6.07) is 10.8. The van der Waals surface area contributed by atoms with E-state index in [9.17, 15) is 4.79 Å². The molecule has 3 aromatic rings. The number of imidazole rings is 1. The Balaban J connectivity index is 1.99. The third kappa shape index (κ3) is 3.16. The number of pyridine rings is 1. The lowest BCUT2D eigenvalue weighted by atomic mass is 10.3. The van der Waals surface area contributed by atoms with Gasteiger partial charge in [0.05, 0.1) is 16.1 Å². The van der Waals surface area contributed by atoms with Gasteiger partial charge < -0.3 is 4.57 Å². The smallest absolute Gasteiger partial charge is 0.278 e. The molecule has 2 heterocycles. The first-order chi connectivity index (χ1) is 11.1. The molecule has 0 saturated heterocycles. The molecule has 0 aliphatic heterocycles. The Morgan fingerprint density at radius 3 is 2.74 bits per heavy atom. The number of amides is 1. The Morgan fingerprint density at radius 1 is 1.17 bits per heavy atom. The molecule has 1 N–H and O–H groups in total. The van der Waals surface area contributed by atoms with Crippen LogP contribution in [0, 0.1) is 0 Å². The Labute approximate surface area is 143 Å². The lowest BCUT2D eigenvalue weighted by Gasteiger charge is -2.09. The first-order valence-electron chi connectivity index (χ1n) is 7.19. The standard InChI is InChI=1S/C16H14Cl2N4O/c1-2-9-22-12-6-4-3-5-11(12)19-16(22)21-15(23)14-10(17)7-8-13(18)20-14/h3-8H,2,9H2,1H3,(H,19,21,23). The summed E-state index contributed by atoms with van der Waals surface area (Å²) in [7, 11) is 0. The molecule has 1 amide bonds. The maximum atomic E-state index is 12.5. The number of aryl methyl sites for hydroxylation is 1. The molecule has 2 aromatic heterocycles. The highest BCUT2D eigenvalue weighted by atomic mass is 35.5. The lowest BCUT2D eigenvalue weighted by molar-refractivity contribution is 0.102. The third-order valence-corrected chi connectivity index (χ3v) is 3.87. The van der Waals surface area contributed by atoms with Crippen LogP contribution in [0.4, 0.5) is 5.95 Å². The van der Waals surface area contributed by atoms with E-state index in [1.54, 1.807) is 6.07 Å². The molecule has 1 aromatic carbocycles. The quantitative estimate of drug-likeness (QED) is 0.710.